The Bertz CT molecular complexity index is 1050. The van der Waals surface area contributed by atoms with Gasteiger partial charge in [-0.05, 0) is 43.7 Å². The number of aromatic nitrogens is 2. The minimum atomic E-state index is 0.799. The lowest BCUT2D eigenvalue weighted by molar-refractivity contribution is 0.398. The fourth-order valence-electron chi connectivity index (χ4n) is 2.70. The van der Waals surface area contributed by atoms with Crippen LogP contribution in [-0.2, 0) is 0 Å². The van der Waals surface area contributed by atoms with E-state index in [0.29, 0.717) is 0 Å². The molecule has 6 heteroatoms. The van der Waals surface area contributed by atoms with E-state index in [4.69, 9.17) is 9.26 Å². The topological polar surface area (TPSA) is 60.2 Å². The number of nitrogens with zero attached hydrogens (tertiary/aromatic N) is 2. The number of hydrogen-bond donors (Lipinski definition) is 1. The van der Waals surface area contributed by atoms with Crippen molar-refractivity contribution in [3.05, 3.63) is 54.0 Å². The average Bonchev–Trinajstić information content (AvgIpc) is 3.22. The van der Waals surface area contributed by atoms with Gasteiger partial charge in [0.15, 0.2) is 0 Å². The summed E-state index contributed by atoms with van der Waals surface area (Å²) in [4.78, 5) is 5.53. The van der Waals surface area contributed by atoms with Crippen LogP contribution in [-0.4, -0.2) is 17.2 Å². The molecule has 0 spiro atoms. The molecular weight excluding hydrogens is 334 g/mol. The minimum absolute atomic E-state index is 0.799. The smallest absolute Gasteiger partial charge is 0.148 e. The van der Waals surface area contributed by atoms with Gasteiger partial charge in [-0.3, -0.25) is 4.98 Å². The van der Waals surface area contributed by atoms with Crippen molar-refractivity contribution in [3.8, 4) is 21.9 Å². The molecule has 0 fully saturated rings. The minimum Gasteiger partial charge on any atom is -0.455 e. The van der Waals surface area contributed by atoms with Crippen LogP contribution in [0.25, 0.3) is 20.7 Å². The van der Waals surface area contributed by atoms with Gasteiger partial charge in [-0.1, -0.05) is 5.16 Å². The van der Waals surface area contributed by atoms with E-state index in [1.807, 2.05) is 45.2 Å². The summed E-state index contributed by atoms with van der Waals surface area (Å²) in [7, 11) is 1.90. The number of anilines is 1. The Balaban J connectivity index is 1.75. The van der Waals surface area contributed by atoms with E-state index >= 15 is 0 Å². The molecule has 0 aliphatic rings. The predicted octanol–water partition coefficient (Wildman–Crippen LogP) is 5.40. The second-order valence-electron chi connectivity index (χ2n) is 5.76. The molecule has 0 saturated heterocycles. The summed E-state index contributed by atoms with van der Waals surface area (Å²) in [5.41, 5.74) is 4.03. The molecule has 0 aliphatic carbocycles. The summed E-state index contributed by atoms with van der Waals surface area (Å²) in [5, 5.41) is 6.99. The number of benzene rings is 1. The molecule has 5 nitrogen and oxygen atoms in total. The SMILES string of the molecule is CNc1ccc(Oc2ccnc3cc(-c4cnoc4C)sc23)c(C)c1. The summed E-state index contributed by atoms with van der Waals surface area (Å²) in [6.07, 6.45) is 3.51. The Morgan fingerprint density at radius 1 is 1.12 bits per heavy atom. The lowest BCUT2D eigenvalue weighted by atomic mass is 10.2. The number of pyridine rings is 1. The predicted molar refractivity (Wildman–Crippen MR) is 101 cm³/mol. The summed E-state index contributed by atoms with van der Waals surface area (Å²) < 4.78 is 12.4. The van der Waals surface area contributed by atoms with E-state index in [1.165, 1.54) is 0 Å². The maximum absolute atomic E-state index is 6.19. The average molecular weight is 351 g/mol. The van der Waals surface area contributed by atoms with Gasteiger partial charge in [0.05, 0.1) is 22.0 Å². The highest BCUT2D eigenvalue weighted by molar-refractivity contribution is 7.22. The highest BCUT2D eigenvalue weighted by Gasteiger charge is 2.14. The third-order valence-electron chi connectivity index (χ3n) is 4.08. The number of aryl methyl sites for hydroxylation is 2. The van der Waals surface area contributed by atoms with E-state index < -0.39 is 0 Å². The van der Waals surface area contributed by atoms with E-state index in [2.05, 4.69) is 21.5 Å². The number of hydrogen-bond acceptors (Lipinski definition) is 6. The van der Waals surface area contributed by atoms with Crippen molar-refractivity contribution < 1.29 is 9.26 Å². The van der Waals surface area contributed by atoms with Gasteiger partial charge in [-0.15, -0.1) is 11.3 Å². The molecule has 4 aromatic rings. The van der Waals surface area contributed by atoms with Crippen molar-refractivity contribution in [1.29, 1.82) is 0 Å². The first-order valence-corrected chi connectivity index (χ1v) is 8.74. The van der Waals surface area contributed by atoms with Gasteiger partial charge in [0.1, 0.15) is 17.3 Å². The van der Waals surface area contributed by atoms with Crippen molar-refractivity contribution in [3.63, 3.8) is 0 Å². The van der Waals surface area contributed by atoms with Crippen LogP contribution in [0.2, 0.25) is 0 Å². The zero-order valence-electron chi connectivity index (χ0n) is 14.2. The molecule has 1 aromatic carbocycles. The van der Waals surface area contributed by atoms with E-state index in [0.717, 1.165) is 49.2 Å². The van der Waals surface area contributed by atoms with Crippen LogP contribution < -0.4 is 10.1 Å². The highest BCUT2D eigenvalue weighted by Crippen LogP contribution is 2.40. The normalized spacial score (nSPS) is 11.0. The molecule has 0 saturated carbocycles. The van der Waals surface area contributed by atoms with E-state index in [-0.39, 0.29) is 0 Å². The van der Waals surface area contributed by atoms with Crippen molar-refractivity contribution >= 4 is 27.2 Å². The Morgan fingerprint density at radius 3 is 2.72 bits per heavy atom. The largest absolute Gasteiger partial charge is 0.455 e. The fourth-order valence-corrected chi connectivity index (χ4v) is 3.82. The van der Waals surface area contributed by atoms with Gasteiger partial charge in [-0.25, -0.2) is 0 Å². The first-order valence-electron chi connectivity index (χ1n) is 7.92. The molecule has 3 heterocycles. The number of rotatable bonds is 4. The van der Waals surface area contributed by atoms with Gasteiger partial charge in [-0.2, -0.15) is 0 Å². The highest BCUT2D eigenvalue weighted by atomic mass is 32.1. The zero-order valence-corrected chi connectivity index (χ0v) is 15.0. The lowest BCUT2D eigenvalue weighted by Crippen LogP contribution is -1.92. The van der Waals surface area contributed by atoms with Crippen LogP contribution in [0.4, 0.5) is 5.69 Å². The molecule has 4 rings (SSSR count). The van der Waals surface area contributed by atoms with Crippen LogP contribution in [0.5, 0.6) is 11.5 Å². The second-order valence-corrected chi connectivity index (χ2v) is 6.81. The Kier molecular flexibility index (Phi) is 3.89. The van der Waals surface area contributed by atoms with E-state index in [9.17, 15) is 0 Å². The summed E-state index contributed by atoms with van der Waals surface area (Å²) in [6, 6.07) is 9.99. The van der Waals surface area contributed by atoms with Crippen LogP contribution in [0.1, 0.15) is 11.3 Å². The van der Waals surface area contributed by atoms with Gasteiger partial charge in [0, 0.05) is 29.9 Å². The molecule has 0 amide bonds. The van der Waals surface area contributed by atoms with Crippen LogP contribution in [0.15, 0.2) is 47.2 Å². The second kappa shape index (κ2) is 6.22. The molecule has 0 unspecified atom stereocenters. The number of thiophene rings is 1. The van der Waals surface area contributed by atoms with Gasteiger partial charge < -0.3 is 14.6 Å². The fraction of sp³-hybridized carbons (Fsp3) is 0.158. The Hall–Kier alpha value is -2.86. The molecule has 0 bridgehead atoms. The number of ether oxygens (including phenoxy) is 1. The van der Waals surface area contributed by atoms with Crippen molar-refractivity contribution in [2.45, 2.75) is 13.8 Å². The maximum Gasteiger partial charge on any atom is 0.148 e. The molecule has 3 aromatic heterocycles. The van der Waals surface area contributed by atoms with Crippen LogP contribution in [0, 0.1) is 13.8 Å². The third kappa shape index (κ3) is 2.85. The molecule has 25 heavy (non-hydrogen) atoms. The standard InChI is InChI=1S/C19H17N3O2S/c1-11-8-13(20-3)4-5-16(11)23-17-6-7-21-15-9-18(25-19(15)17)14-10-22-24-12(14)2/h4-10,20H,1-3H3. The molecule has 126 valence electrons. The number of fused-ring (bicyclic) bond motifs is 1. The molecule has 1 N–H and O–H groups in total. The quantitative estimate of drug-likeness (QED) is 0.533. The van der Waals surface area contributed by atoms with Crippen LogP contribution in [0.3, 0.4) is 0 Å². The van der Waals surface area contributed by atoms with Crippen molar-refractivity contribution in [1.82, 2.24) is 10.1 Å². The van der Waals surface area contributed by atoms with Gasteiger partial charge in [0.2, 0.25) is 0 Å². The van der Waals surface area contributed by atoms with E-state index in [1.54, 1.807) is 23.7 Å². The summed E-state index contributed by atoms with van der Waals surface area (Å²) >= 11 is 1.63. The van der Waals surface area contributed by atoms with Crippen molar-refractivity contribution in [2.24, 2.45) is 0 Å². The monoisotopic (exact) mass is 351 g/mol. The maximum atomic E-state index is 6.19. The molecule has 0 atom stereocenters. The first-order chi connectivity index (χ1) is 12.2. The van der Waals surface area contributed by atoms with Gasteiger partial charge in [0.25, 0.3) is 0 Å². The van der Waals surface area contributed by atoms with Crippen molar-refractivity contribution in [2.75, 3.05) is 12.4 Å². The van der Waals surface area contributed by atoms with Crippen LogP contribution >= 0.6 is 11.3 Å². The lowest BCUT2D eigenvalue weighted by Gasteiger charge is -2.10. The molecule has 0 aliphatic heterocycles. The zero-order chi connectivity index (χ0) is 17.4. The first kappa shape index (κ1) is 15.7. The summed E-state index contributed by atoms with van der Waals surface area (Å²) in [5.74, 6) is 2.44. The Labute approximate surface area is 149 Å². The third-order valence-corrected chi connectivity index (χ3v) is 5.25. The Morgan fingerprint density at radius 2 is 2.00 bits per heavy atom. The molecule has 0 radical (unpaired) electrons. The summed E-state index contributed by atoms with van der Waals surface area (Å²) in [6.45, 7) is 3.94. The van der Waals surface area contributed by atoms with Gasteiger partial charge >= 0.3 is 0 Å². The number of nitrogens with one attached hydrogen (secondary N) is 1. The molecular formula is C19H17N3O2S.